The number of carbonyl (C=O) groups is 1. The minimum atomic E-state index is -1.30. The van der Waals surface area contributed by atoms with Gasteiger partial charge in [0.15, 0.2) is 11.6 Å². The summed E-state index contributed by atoms with van der Waals surface area (Å²) in [5.74, 6) is -2.80. The third-order valence-electron chi connectivity index (χ3n) is 5.86. The van der Waals surface area contributed by atoms with Crippen LogP contribution in [0.2, 0.25) is 0 Å². The topological polar surface area (TPSA) is 44.8 Å². The molecule has 38 heavy (non-hydrogen) atoms. The summed E-state index contributed by atoms with van der Waals surface area (Å²) in [5.41, 5.74) is 0.818. The van der Waals surface area contributed by atoms with Crippen molar-refractivity contribution in [3.8, 4) is 39.5 Å². The largest absolute Gasteiger partial charge is 0.494 e. The molecule has 7 heteroatoms. The maximum atomic E-state index is 14.9. The summed E-state index contributed by atoms with van der Waals surface area (Å²) in [6, 6.07) is 19.7. The van der Waals surface area contributed by atoms with Crippen molar-refractivity contribution in [2.45, 2.75) is 26.7 Å². The van der Waals surface area contributed by atoms with Gasteiger partial charge in [0.05, 0.1) is 18.8 Å². The summed E-state index contributed by atoms with van der Waals surface area (Å²) in [6.45, 7) is 4.88. The van der Waals surface area contributed by atoms with E-state index in [0.717, 1.165) is 12.8 Å². The van der Waals surface area contributed by atoms with Crippen LogP contribution in [0.15, 0.2) is 78.9 Å². The van der Waals surface area contributed by atoms with Crippen LogP contribution in [-0.2, 0) is 0 Å². The van der Waals surface area contributed by atoms with Gasteiger partial charge < -0.3 is 14.2 Å². The van der Waals surface area contributed by atoms with E-state index in [1.807, 2.05) is 6.92 Å². The van der Waals surface area contributed by atoms with Crippen molar-refractivity contribution < 1.29 is 32.2 Å². The number of esters is 1. The molecule has 0 amide bonds. The van der Waals surface area contributed by atoms with Crippen LogP contribution in [0.25, 0.3) is 22.3 Å². The van der Waals surface area contributed by atoms with Crippen molar-refractivity contribution in [3.63, 3.8) is 0 Å². The highest BCUT2D eigenvalue weighted by molar-refractivity contribution is 5.92. The lowest BCUT2D eigenvalue weighted by Crippen LogP contribution is -2.12. The Kier molecular flexibility index (Phi) is 8.69. The Labute approximate surface area is 219 Å². The Bertz CT molecular complexity index is 1400. The van der Waals surface area contributed by atoms with Gasteiger partial charge in [-0.2, -0.15) is 0 Å². The number of benzene rings is 4. The van der Waals surface area contributed by atoms with Crippen LogP contribution in [0.1, 0.15) is 37.0 Å². The number of carbonyl (C=O) groups excluding carboxylic acids is 1. The van der Waals surface area contributed by atoms with Gasteiger partial charge in [-0.25, -0.2) is 18.0 Å². The van der Waals surface area contributed by atoms with Crippen LogP contribution in [0.5, 0.6) is 17.2 Å². The average molecular weight is 521 g/mol. The Balaban J connectivity index is 1.46. The van der Waals surface area contributed by atoms with Gasteiger partial charge in [0, 0.05) is 17.2 Å². The van der Waals surface area contributed by atoms with E-state index in [4.69, 9.17) is 14.2 Å². The van der Waals surface area contributed by atoms with Crippen LogP contribution < -0.4 is 14.2 Å². The molecule has 0 saturated carbocycles. The maximum Gasteiger partial charge on any atom is 0.346 e. The molecule has 4 aromatic rings. The van der Waals surface area contributed by atoms with E-state index >= 15 is 0 Å². The summed E-state index contributed by atoms with van der Waals surface area (Å²) in [7, 11) is 0. The third kappa shape index (κ3) is 6.17. The molecule has 0 atom stereocenters. The smallest absolute Gasteiger partial charge is 0.346 e. The van der Waals surface area contributed by atoms with Gasteiger partial charge in [-0.1, -0.05) is 43.7 Å². The van der Waals surface area contributed by atoms with Crippen LogP contribution in [0.4, 0.5) is 13.2 Å². The maximum absolute atomic E-state index is 14.9. The van der Waals surface area contributed by atoms with Gasteiger partial charge in [-0.15, -0.1) is 0 Å². The minimum absolute atomic E-state index is 0.0147. The molecule has 0 heterocycles. The minimum Gasteiger partial charge on any atom is -0.494 e. The molecule has 4 rings (SSSR count). The van der Waals surface area contributed by atoms with Gasteiger partial charge in [-0.05, 0) is 66.9 Å². The van der Waals surface area contributed by atoms with Crippen molar-refractivity contribution in [2.75, 3.05) is 13.2 Å². The number of unbranched alkanes of at least 4 members (excludes halogenated alkanes) is 1. The van der Waals surface area contributed by atoms with Crippen molar-refractivity contribution in [2.24, 2.45) is 0 Å². The van der Waals surface area contributed by atoms with Crippen molar-refractivity contribution >= 4 is 5.97 Å². The van der Waals surface area contributed by atoms with E-state index in [-0.39, 0.29) is 11.3 Å². The molecular weight excluding hydrogens is 493 g/mol. The van der Waals surface area contributed by atoms with Gasteiger partial charge >= 0.3 is 5.97 Å². The Morgan fingerprint density at radius 3 is 1.92 bits per heavy atom. The Morgan fingerprint density at radius 1 is 0.684 bits per heavy atom. The van der Waals surface area contributed by atoms with Crippen LogP contribution in [0, 0.1) is 17.5 Å². The van der Waals surface area contributed by atoms with Gasteiger partial charge in [0.25, 0.3) is 0 Å². The quantitative estimate of drug-likeness (QED) is 0.120. The second-order valence-corrected chi connectivity index (χ2v) is 8.50. The average Bonchev–Trinajstić information content (AvgIpc) is 2.92. The fraction of sp³-hybridized carbons (Fsp3) is 0.194. The Hall–Kier alpha value is -4.26. The van der Waals surface area contributed by atoms with E-state index in [0.29, 0.717) is 41.4 Å². The van der Waals surface area contributed by atoms with Gasteiger partial charge in [0.1, 0.15) is 23.1 Å². The number of hydrogen-bond donors (Lipinski definition) is 0. The van der Waals surface area contributed by atoms with E-state index < -0.39 is 29.0 Å². The molecule has 0 bridgehead atoms. The highest BCUT2D eigenvalue weighted by atomic mass is 19.2. The molecule has 0 radical (unpaired) electrons. The highest BCUT2D eigenvalue weighted by Gasteiger charge is 2.21. The number of halogens is 3. The zero-order valence-corrected chi connectivity index (χ0v) is 21.1. The molecule has 0 aliphatic rings. The molecule has 196 valence electrons. The van der Waals surface area contributed by atoms with E-state index in [1.165, 1.54) is 30.3 Å². The van der Waals surface area contributed by atoms with E-state index in [2.05, 4.69) is 6.92 Å². The molecule has 0 N–H and O–H groups in total. The fourth-order valence-electron chi connectivity index (χ4n) is 3.85. The predicted octanol–water partition coefficient (Wildman–Crippen LogP) is 8.23. The zero-order chi connectivity index (χ0) is 27.1. The van der Waals surface area contributed by atoms with Crippen molar-refractivity contribution in [1.29, 1.82) is 0 Å². The lowest BCUT2D eigenvalue weighted by atomic mass is 10.0. The first-order chi connectivity index (χ1) is 18.4. The van der Waals surface area contributed by atoms with E-state index in [1.54, 1.807) is 48.5 Å². The van der Waals surface area contributed by atoms with Gasteiger partial charge in [0.2, 0.25) is 0 Å². The van der Waals surface area contributed by atoms with Crippen LogP contribution >= 0.6 is 0 Å². The second kappa shape index (κ2) is 12.3. The summed E-state index contributed by atoms with van der Waals surface area (Å²) in [5, 5.41) is 0. The molecule has 0 fully saturated rings. The summed E-state index contributed by atoms with van der Waals surface area (Å²) >= 11 is 0. The molecular formula is C31H27F3O4. The lowest BCUT2D eigenvalue weighted by Gasteiger charge is -2.11. The third-order valence-corrected chi connectivity index (χ3v) is 5.86. The van der Waals surface area contributed by atoms with Gasteiger partial charge in [-0.3, -0.25) is 0 Å². The molecule has 0 aromatic heterocycles. The molecule has 4 nitrogen and oxygen atoms in total. The van der Waals surface area contributed by atoms with Crippen molar-refractivity contribution in [1.82, 2.24) is 0 Å². The number of ether oxygens (including phenoxy) is 3. The van der Waals surface area contributed by atoms with Crippen LogP contribution in [0.3, 0.4) is 0 Å². The second-order valence-electron chi connectivity index (χ2n) is 8.50. The number of hydrogen-bond acceptors (Lipinski definition) is 4. The van der Waals surface area contributed by atoms with E-state index in [9.17, 15) is 18.0 Å². The standard InChI is InChI=1S/C31H27F3O4/c1-3-5-18-37-22-10-6-21(7-11-22)26-16-17-27(30(34)29(26)33)31(35)38-23-12-8-20(9-13-23)25-15-14-24(36-4-2)19-28(25)32/h6-17,19H,3-5,18H2,1-2H3. The summed E-state index contributed by atoms with van der Waals surface area (Å²) in [6.07, 6.45) is 1.93. The monoisotopic (exact) mass is 520 g/mol. The number of rotatable bonds is 10. The summed E-state index contributed by atoms with van der Waals surface area (Å²) in [4.78, 5) is 12.6. The fourth-order valence-corrected chi connectivity index (χ4v) is 3.85. The normalized spacial score (nSPS) is 10.8. The zero-order valence-electron chi connectivity index (χ0n) is 21.1. The highest BCUT2D eigenvalue weighted by Crippen LogP contribution is 2.30. The first-order valence-corrected chi connectivity index (χ1v) is 12.4. The molecule has 0 spiro atoms. The molecule has 0 aliphatic carbocycles. The first-order valence-electron chi connectivity index (χ1n) is 12.4. The summed E-state index contributed by atoms with van der Waals surface area (Å²) < 4.78 is 60.3. The molecule has 4 aromatic carbocycles. The molecule has 0 unspecified atom stereocenters. The first kappa shape index (κ1) is 26.8. The Morgan fingerprint density at radius 2 is 1.29 bits per heavy atom. The van der Waals surface area contributed by atoms with Crippen LogP contribution in [-0.4, -0.2) is 19.2 Å². The lowest BCUT2D eigenvalue weighted by molar-refractivity contribution is 0.0728. The molecule has 0 saturated heterocycles. The molecule has 0 aliphatic heterocycles. The SMILES string of the molecule is CCCCOc1ccc(-c2ccc(C(=O)Oc3ccc(-c4ccc(OCC)cc4F)cc3)c(F)c2F)cc1. The van der Waals surface area contributed by atoms with Crippen molar-refractivity contribution in [3.05, 3.63) is 102 Å². The predicted molar refractivity (Wildman–Crippen MR) is 140 cm³/mol.